The van der Waals surface area contributed by atoms with Gasteiger partial charge in [-0.05, 0) is 199 Å². The number of hydrogen-bond donors (Lipinski definition) is 5. The zero-order chi connectivity index (χ0) is 102. The summed E-state index contributed by atoms with van der Waals surface area (Å²) in [6, 6.07) is 56.3. The predicted molar refractivity (Wildman–Crippen MR) is 535 cm³/mol. The second-order valence-corrected chi connectivity index (χ2v) is 39.5. The van der Waals surface area contributed by atoms with Gasteiger partial charge < -0.3 is 68.6 Å². The molecule has 146 heavy (non-hydrogen) atoms. The van der Waals surface area contributed by atoms with Gasteiger partial charge >= 0.3 is 6.09 Å². The van der Waals surface area contributed by atoms with Gasteiger partial charge in [0, 0.05) is 139 Å². The Kier molecular flexibility index (Phi) is 34.9. The number of nitrogens with two attached hydrogens (primary N) is 1. The molecular weight excluding hydrogens is 1890 g/mol. The molecule has 6 atom stereocenters. The van der Waals surface area contributed by atoms with Crippen molar-refractivity contribution in [1.29, 1.82) is 0 Å². The van der Waals surface area contributed by atoms with Crippen molar-refractivity contribution in [1.82, 2.24) is 55.6 Å². The molecule has 4 unspecified atom stereocenters. The normalized spacial score (nSPS) is 20.3. The van der Waals surface area contributed by atoms with Crippen molar-refractivity contribution < 1.29 is 105 Å². The summed E-state index contributed by atoms with van der Waals surface area (Å²) in [5, 5.41) is 17.6. The molecule has 6 N–H and O–H groups in total. The van der Waals surface area contributed by atoms with Crippen LogP contribution in [0.2, 0.25) is 0 Å². The number of anilines is 1. The molecule has 766 valence electrons. The summed E-state index contributed by atoms with van der Waals surface area (Å²) in [5.74, 6) is -0.558. The van der Waals surface area contributed by atoms with Crippen LogP contribution < -0.4 is 55.6 Å². The van der Waals surface area contributed by atoms with Crippen LogP contribution in [0, 0.1) is 5.92 Å². The first-order chi connectivity index (χ1) is 69.9. The first-order valence-electron chi connectivity index (χ1n) is 49.7. The van der Waals surface area contributed by atoms with Crippen molar-refractivity contribution in [3.8, 4) is 23.0 Å². The highest BCUT2D eigenvalue weighted by molar-refractivity contribution is 6.09. The van der Waals surface area contributed by atoms with Crippen LogP contribution in [0.3, 0.4) is 0 Å². The zero-order valence-corrected chi connectivity index (χ0v) is 83.5. The van der Waals surface area contributed by atoms with Crippen molar-refractivity contribution in [2.75, 3.05) is 45.0 Å². The quantitative estimate of drug-likeness (QED) is 0.0213. The highest BCUT2D eigenvalue weighted by Gasteiger charge is 2.46. The summed E-state index contributed by atoms with van der Waals surface area (Å²) in [6.07, 6.45) is 13.2. The molecule has 0 saturated carbocycles. The largest absolute Gasteiger partial charge is 0.554 e. The third kappa shape index (κ3) is 26.7. The van der Waals surface area contributed by atoms with E-state index in [-0.39, 0.29) is 117 Å². The van der Waals surface area contributed by atoms with E-state index in [4.69, 9.17) is 44.1 Å². The number of amides is 13. The van der Waals surface area contributed by atoms with E-state index in [1.807, 2.05) is 87.8 Å². The molecule has 8 aromatic carbocycles. The number of ether oxygens (including phenoxy) is 6. The molecule has 12 heterocycles. The first kappa shape index (κ1) is 106. The standard InChI is InChI=1S/C31H37N3O6.C27H31N3O5.C26H24N4O4.C26H29N3O4.CH2O2.ClH/c1-31(2,3)40-30(38)33-15-13-21(14-16-33)17-20-7-9-22(10-8-20)19-39-26-6-4-5-23-24(26)18-34(29(23)37)25-11-12-27(35)32-28(25)36;1-17-12-29(13-18(2)35-17)14-19-6-8-20(9-7-19)16-34-24-5-3-4-21-22(24)15-30(27(21)33)23-10-11-25(31)28-26(23)32;27-19-10-12-29(13-11-19)14-17-4-6-18(7-5-17)16-34-23-3-1-2-20-21(23)15-30(26(20)33)22-8-9-24(31)28-25(22)32;30-24-12-11-22(25(31)27-24)29-16-21-20(26(29)32)5-4-6-23(21)33-17-19-9-7-18(8-10-19)15-28-13-2-1-3-14-28;2-1-3;/h4-10,21,25H,11-19H2,1-3H3,(H,32,35,36);3-9,17-18,23H,10-16H2,1-2H3,(H,28,31,32);1-7,10-13,22,27H,8-9,14-16H2,(H,28,31,32);4-10,22H,1-3,11-17H2,(H,27,30,31);1H,(H,2,3);1H/t;17-,18+,23?;;;;. The van der Waals surface area contributed by atoms with Gasteiger partial charge in [0.25, 0.3) is 23.6 Å². The van der Waals surface area contributed by atoms with Gasteiger partial charge in [-0.15, -0.1) is 12.4 Å². The van der Waals surface area contributed by atoms with E-state index < -0.39 is 59.9 Å². The number of nitrogens with one attached hydrogen (secondary N) is 4. The van der Waals surface area contributed by atoms with Crippen molar-refractivity contribution >= 4 is 102 Å². The number of hydrogen-bond acceptors (Lipinski definition) is 24. The molecule has 13 amide bonds. The van der Waals surface area contributed by atoms with E-state index in [1.165, 1.54) is 58.8 Å². The molecule has 0 spiro atoms. The summed E-state index contributed by atoms with van der Waals surface area (Å²) in [7, 11) is 0. The molecule has 34 nitrogen and oxygen atoms in total. The lowest BCUT2D eigenvalue weighted by atomic mass is 9.90. The Bertz CT molecular complexity index is 6300. The highest BCUT2D eigenvalue weighted by Crippen LogP contribution is 2.40. The summed E-state index contributed by atoms with van der Waals surface area (Å²) < 4.78 is 37.8. The van der Waals surface area contributed by atoms with Crippen LogP contribution in [0.1, 0.15) is 226 Å². The van der Waals surface area contributed by atoms with E-state index in [0.29, 0.717) is 116 Å². The van der Waals surface area contributed by atoms with Gasteiger partial charge in [0.05, 0.1) is 38.4 Å². The van der Waals surface area contributed by atoms with Crippen molar-refractivity contribution in [2.45, 2.75) is 239 Å². The molecular formula is C111H124ClN13O21. The Morgan fingerprint density at radius 2 is 0.712 bits per heavy atom. The summed E-state index contributed by atoms with van der Waals surface area (Å²) in [4.78, 5) is 181. The Balaban J connectivity index is 0.000000145. The monoisotopic (exact) mass is 2010 g/mol. The average Bonchev–Trinajstić information content (AvgIpc) is 1.64. The third-order valence-corrected chi connectivity index (χ3v) is 27.7. The number of rotatable bonds is 24. The lowest BCUT2D eigenvalue weighted by Gasteiger charge is -2.35. The number of nitrogens with zero attached hydrogens (tertiary/aromatic N) is 8. The minimum Gasteiger partial charge on any atom is -0.554 e. The van der Waals surface area contributed by atoms with Crippen molar-refractivity contribution in [3.63, 3.8) is 0 Å². The van der Waals surface area contributed by atoms with Gasteiger partial charge in [0.15, 0.2) is 18.9 Å². The number of imide groups is 4. The molecule has 20 rings (SSSR count). The Morgan fingerprint density at radius 3 is 1.03 bits per heavy atom. The van der Waals surface area contributed by atoms with Crippen molar-refractivity contribution in [2.24, 2.45) is 5.92 Å². The van der Waals surface area contributed by atoms with Crippen LogP contribution >= 0.6 is 12.4 Å². The minimum absolute atomic E-state index is 0. The maximum absolute atomic E-state index is 13.0. The van der Waals surface area contributed by atoms with Crippen LogP contribution in [0.25, 0.3) is 0 Å². The van der Waals surface area contributed by atoms with E-state index in [1.54, 1.807) is 57.2 Å². The van der Waals surface area contributed by atoms with E-state index >= 15 is 0 Å². The Morgan fingerprint density at radius 1 is 0.411 bits per heavy atom. The maximum Gasteiger partial charge on any atom is 0.410 e. The number of likely N-dealkylation sites (tertiary alicyclic amines) is 2. The number of morpholine rings is 1. The van der Waals surface area contributed by atoms with E-state index in [9.17, 15) is 62.3 Å². The number of carbonyl (C=O) groups is 14. The van der Waals surface area contributed by atoms with Gasteiger partial charge in [-0.1, -0.05) is 128 Å². The minimum atomic E-state index is -0.650. The summed E-state index contributed by atoms with van der Waals surface area (Å²) >= 11 is 0. The first-order valence-corrected chi connectivity index (χ1v) is 49.7. The molecule has 35 heteroatoms. The molecule has 0 radical (unpaired) electrons. The third-order valence-electron chi connectivity index (χ3n) is 27.7. The smallest absolute Gasteiger partial charge is 0.410 e. The molecule has 0 bridgehead atoms. The fourth-order valence-electron chi connectivity index (χ4n) is 20.2. The second kappa shape index (κ2) is 48.3. The molecule has 11 aliphatic heterocycles. The highest BCUT2D eigenvalue weighted by atomic mass is 35.5. The fourth-order valence-corrected chi connectivity index (χ4v) is 20.2. The maximum atomic E-state index is 13.0. The number of carbonyl (C=O) groups excluding carboxylic acids is 14. The molecule has 7 fully saturated rings. The lowest BCUT2D eigenvalue weighted by molar-refractivity contribution is -0.688. The summed E-state index contributed by atoms with van der Waals surface area (Å²) in [5.41, 5.74) is 20.4. The van der Waals surface area contributed by atoms with Crippen LogP contribution in [0.4, 0.5) is 10.5 Å². The predicted octanol–water partition coefficient (Wildman–Crippen LogP) is 10.6. The fraction of sp³-hybridized carbons (Fsp3) is 0.396. The molecule has 9 aromatic rings. The number of benzene rings is 8. The second-order valence-electron chi connectivity index (χ2n) is 39.5. The Labute approximate surface area is 853 Å². The number of nitrogen functional groups attached to an aromatic ring is 1. The molecule has 7 saturated heterocycles. The number of fused-ring (bicyclic) bond motifs is 4. The van der Waals surface area contributed by atoms with E-state index in [0.717, 1.165) is 121 Å². The zero-order valence-electron chi connectivity index (χ0n) is 82.7. The van der Waals surface area contributed by atoms with Gasteiger partial charge in [0.1, 0.15) is 79.2 Å². The van der Waals surface area contributed by atoms with Crippen LogP contribution in [0.15, 0.2) is 194 Å². The van der Waals surface area contributed by atoms with Gasteiger partial charge in [-0.25, -0.2) is 9.36 Å². The topological polar surface area (TPSA) is 418 Å². The van der Waals surface area contributed by atoms with Gasteiger partial charge in [-0.2, -0.15) is 0 Å². The van der Waals surface area contributed by atoms with Crippen molar-refractivity contribution in [3.05, 3.63) is 283 Å². The number of aromatic nitrogens is 1. The average molecular weight is 2010 g/mol. The molecule has 11 aliphatic rings. The SMILES string of the molecule is CC(C)(C)OC(=O)N1CCC(Cc2ccc(COc3cccc4c3CN(C3CCC(=O)NC3=O)C4=O)cc2)CC1.C[C@@H]1CN(Cc2ccc(COc3cccc4c3CN(C3CCC(=O)NC3=O)C4=O)cc2)C[C@H](C)O1.Cl.Nc1cc[n+](Cc2ccc(COc3cccc4c3CN(C3CCC(=O)NC3=O)C4=O)cc2)cc1.O=C1CCC(N2Cc3c(OCc4ccc(CN5CCCCC5)cc4)cccc3C2=O)C(=O)N1.O=C[O-]. The number of carboxylic acid groups (broad SMARTS) is 1. The Hall–Kier alpha value is -14.7. The van der Waals surface area contributed by atoms with Gasteiger partial charge in [0.2, 0.25) is 47.3 Å². The molecule has 1 aromatic heterocycles. The van der Waals surface area contributed by atoms with Gasteiger partial charge in [-0.3, -0.25) is 88.6 Å². The summed E-state index contributed by atoms with van der Waals surface area (Å²) in [6.45, 7) is 20.4. The lowest BCUT2D eigenvalue weighted by Crippen LogP contribution is -2.52. The number of halogens is 1. The number of piperidine rings is 6. The molecule has 0 aliphatic carbocycles. The van der Waals surface area contributed by atoms with Crippen LogP contribution in [0.5, 0.6) is 23.0 Å². The van der Waals surface area contributed by atoms with Crippen LogP contribution in [-0.2, 0) is 131 Å². The number of pyridine rings is 1. The van der Waals surface area contributed by atoms with Crippen LogP contribution in [-0.4, -0.2) is 199 Å². The van der Waals surface area contributed by atoms with E-state index in [2.05, 4.69) is 134 Å².